The van der Waals surface area contributed by atoms with Crippen molar-refractivity contribution in [2.75, 3.05) is 17.2 Å². The van der Waals surface area contributed by atoms with Crippen molar-refractivity contribution < 1.29 is 0 Å². The number of aromatic nitrogens is 3. The molecule has 7 heteroatoms. The molecular weight excluding hydrogens is 270 g/mol. The van der Waals surface area contributed by atoms with Gasteiger partial charge < -0.3 is 10.6 Å². The van der Waals surface area contributed by atoms with Crippen LogP contribution in [0, 0.1) is 0 Å². The van der Waals surface area contributed by atoms with Crippen molar-refractivity contribution in [3.63, 3.8) is 0 Å². The van der Waals surface area contributed by atoms with E-state index in [4.69, 9.17) is 5.73 Å². The van der Waals surface area contributed by atoms with Crippen molar-refractivity contribution in [3.05, 3.63) is 50.2 Å². The summed E-state index contributed by atoms with van der Waals surface area (Å²) in [5, 5.41) is 4.12. The molecule has 0 bridgehead atoms. The number of nitrogen functional groups attached to an aromatic ring is 1. The number of aryl methyl sites for hydroxylation is 1. The minimum Gasteiger partial charge on any atom is -0.398 e. The molecule has 3 rings (SSSR count). The summed E-state index contributed by atoms with van der Waals surface area (Å²) in [6.45, 7) is 1.21. The number of fused-ring (bicyclic) bond motifs is 1. The topological polar surface area (TPSA) is 86.2 Å². The van der Waals surface area contributed by atoms with Crippen LogP contribution in [0.1, 0.15) is 11.1 Å². The average Bonchev–Trinajstić information content (AvgIpc) is 2.49. The Morgan fingerprint density at radius 1 is 1.24 bits per heavy atom. The Bertz CT molecular complexity index is 821. The van der Waals surface area contributed by atoms with Gasteiger partial charge in [-0.05, 0) is 23.6 Å². The van der Waals surface area contributed by atoms with Crippen LogP contribution < -0.4 is 21.9 Å². The van der Waals surface area contributed by atoms with Gasteiger partial charge in [0.25, 0.3) is 5.56 Å². The Morgan fingerprint density at radius 3 is 2.76 bits per heavy atom. The van der Waals surface area contributed by atoms with Crippen LogP contribution in [0.5, 0.6) is 0 Å². The molecule has 1 aliphatic heterocycles. The molecule has 0 unspecified atom stereocenters. The van der Waals surface area contributed by atoms with E-state index in [1.807, 2.05) is 17.0 Å². The first-order valence-corrected chi connectivity index (χ1v) is 6.74. The lowest BCUT2D eigenvalue weighted by atomic mass is 9.98. The summed E-state index contributed by atoms with van der Waals surface area (Å²) in [5.41, 5.74) is 8.16. The third-order valence-corrected chi connectivity index (χ3v) is 3.91. The Kier molecular flexibility index (Phi) is 3.04. The van der Waals surface area contributed by atoms with Gasteiger partial charge in [-0.1, -0.05) is 12.1 Å². The minimum absolute atomic E-state index is 0.286. The van der Waals surface area contributed by atoms with Gasteiger partial charge in [-0.3, -0.25) is 9.36 Å². The van der Waals surface area contributed by atoms with E-state index in [1.54, 1.807) is 0 Å². The van der Waals surface area contributed by atoms with Crippen molar-refractivity contribution in [2.24, 2.45) is 14.1 Å². The zero-order valence-corrected chi connectivity index (χ0v) is 12.0. The monoisotopic (exact) mass is 287 g/mol. The molecule has 0 radical (unpaired) electrons. The highest BCUT2D eigenvalue weighted by molar-refractivity contribution is 5.55. The van der Waals surface area contributed by atoms with E-state index in [9.17, 15) is 9.59 Å². The first-order chi connectivity index (χ1) is 9.99. The summed E-state index contributed by atoms with van der Waals surface area (Å²) in [6.07, 6.45) is 0.800. The molecule has 1 aromatic heterocycles. The van der Waals surface area contributed by atoms with Crippen LogP contribution in [-0.2, 0) is 27.1 Å². The highest BCUT2D eigenvalue weighted by atomic mass is 16.2. The molecule has 110 valence electrons. The molecule has 0 fully saturated rings. The van der Waals surface area contributed by atoms with Gasteiger partial charge in [-0.2, -0.15) is 0 Å². The lowest BCUT2D eigenvalue weighted by molar-refractivity contribution is 0.581. The molecule has 2 heterocycles. The van der Waals surface area contributed by atoms with E-state index >= 15 is 0 Å². The van der Waals surface area contributed by atoms with Crippen LogP contribution in [0.3, 0.4) is 0 Å². The normalized spacial score (nSPS) is 14.1. The molecule has 0 saturated carbocycles. The van der Waals surface area contributed by atoms with Gasteiger partial charge >= 0.3 is 5.69 Å². The van der Waals surface area contributed by atoms with Crippen molar-refractivity contribution in [2.45, 2.75) is 13.0 Å². The lowest BCUT2D eigenvalue weighted by Gasteiger charge is -2.30. The second-order valence-corrected chi connectivity index (χ2v) is 5.25. The number of nitrogens with two attached hydrogens (primary N) is 1. The maximum absolute atomic E-state index is 12.3. The molecule has 21 heavy (non-hydrogen) atoms. The predicted octanol–water partition coefficient (Wildman–Crippen LogP) is -0.376. The Labute approximate surface area is 121 Å². The Hall–Kier alpha value is -2.57. The second kappa shape index (κ2) is 4.76. The van der Waals surface area contributed by atoms with Gasteiger partial charge in [0.15, 0.2) is 0 Å². The van der Waals surface area contributed by atoms with Crippen molar-refractivity contribution in [1.82, 2.24) is 14.3 Å². The molecule has 2 aromatic rings. The third-order valence-electron chi connectivity index (χ3n) is 3.91. The van der Waals surface area contributed by atoms with Gasteiger partial charge in [-0.15, -0.1) is 5.10 Å². The predicted molar refractivity (Wildman–Crippen MR) is 80.3 cm³/mol. The van der Waals surface area contributed by atoms with Gasteiger partial charge in [0.2, 0.25) is 5.82 Å². The summed E-state index contributed by atoms with van der Waals surface area (Å²) in [5.74, 6) is 0.286. The highest BCUT2D eigenvalue weighted by Crippen LogP contribution is 2.25. The smallest absolute Gasteiger partial charge is 0.346 e. The lowest BCUT2D eigenvalue weighted by Crippen LogP contribution is -2.44. The summed E-state index contributed by atoms with van der Waals surface area (Å²) >= 11 is 0. The van der Waals surface area contributed by atoms with E-state index in [0.717, 1.165) is 22.2 Å². The maximum atomic E-state index is 12.3. The first-order valence-electron chi connectivity index (χ1n) is 6.74. The molecule has 0 spiro atoms. The second-order valence-electron chi connectivity index (χ2n) is 5.25. The van der Waals surface area contributed by atoms with E-state index < -0.39 is 5.69 Å². The number of hydrogen-bond donors (Lipinski definition) is 1. The van der Waals surface area contributed by atoms with E-state index in [2.05, 4.69) is 11.2 Å². The van der Waals surface area contributed by atoms with Crippen LogP contribution in [0.4, 0.5) is 11.5 Å². The molecule has 2 N–H and O–H groups in total. The van der Waals surface area contributed by atoms with Crippen LogP contribution >= 0.6 is 0 Å². The van der Waals surface area contributed by atoms with Crippen LogP contribution in [0.15, 0.2) is 27.8 Å². The number of nitrogens with zero attached hydrogens (tertiary/aromatic N) is 4. The number of rotatable bonds is 1. The molecule has 0 saturated heterocycles. The average molecular weight is 287 g/mol. The molecule has 1 aliphatic rings. The Morgan fingerprint density at radius 2 is 2.00 bits per heavy atom. The minimum atomic E-state index is -0.430. The first kappa shape index (κ1) is 13.4. The number of anilines is 2. The van der Waals surface area contributed by atoms with Gasteiger partial charge in [0.1, 0.15) is 0 Å². The SMILES string of the molecule is Cn1nc(N2CCc3cccc(N)c3C2)c(=O)n(C)c1=O. The zero-order valence-electron chi connectivity index (χ0n) is 12.0. The fraction of sp³-hybridized carbons (Fsp3) is 0.357. The van der Waals surface area contributed by atoms with Crippen molar-refractivity contribution in [3.8, 4) is 0 Å². The fourth-order valence-corrected chi connectivity index (χ4v) is 2.67. The zero-order chi connectivity index (χ0) is 15.1. The van der Waals surface area contributed by atoms with Gasteiger partial charge in [0, 0.05) is 32.9 Å². The van der Waals surface area contributed by atoms with Crippen molar-refractivity contribution in [1.29, 1.82) is 0 Å². The van der Waals surface area contributed by atoms with Crippen molar-refractivity contribution >= 4 is 11.5 Å². The summed E-state index contributed by atoms with van der Waals surface area (Å²) in [6, 6.07) is 5.84. The Balaban J connectivity index is 2.07. The molecule has 0 atom stereocenters. The largest absolute Gasteiger partial charge is 0.398 e. The quantitative estimate of drug-likeness (QED) is 0.723. The van der Waals surface area contributed by atoms with Gasteiger partial charge in [-0.25, -0.2) is 9.48 Å². The molecule has 0 amide bonds. The highest BCUT2D eigenvalue weighted by Gasteiger charge is 2.22. The summed E-state index contributed by atoms with van der Waals surface area (Å²) < 4.78 is 2.26. The summed E-state index contributed by atoms with van der Waals surface area (Å²) in [7, 11) is 3.00. The third kappa shape index (κ3) is 2.10. The van der Waals surface area contributed by atoms with Crippen LogP contribution in [-0.4, -0.2) is 20.9 Å². The van der Waals surface area contributed by atoms with E-state index in [1.165, 1.54) is 24.3 Å². The molecule has 1 aromatic carbocycles. The standard InChI is InChI=1S/C14H17N5O2/c1-17-13(20)12(16-18(2)14(17)21)19-7-6-9-4-3-5-11(15)10(9)8-19/h3-5H,6-8,15H2,1-2H3. The fourth-order valence-electron chi connectivity index (χ4n) is 2.67. The number of benzene rings is 1. The summed E-state index contributed by atoms with van der Waals surface area (Å²) in [4.78, 5) is 25.8. The van der Waals surface area contributed by atoms with E-state index in [0.29, 0.717) is 13.1 Å². The molecule has 7 nitrogen and oxygen atoms in total. The van der Waals surface area contributed by atoms with Crippen LogP contribution in [0.2, 0.25) is 0 Å². The van der Waals surface area contributed by atoms with Gasteiger partial charge in [0.05, 0.1) is 0 Å². The maximum Gasteiger partial charge on any atom is 0.346 e. The van der Waals surface area contributed by atoms with E-state index in [-0.39, 0.29) is 11.4 Å². The van der Waals surface area contributed by atoms with Crippen LogP contribution in [0.25, 0.3) is 0 Å². The molecular formula is C14H17N5O2. The number of hydrogen-bond acceptors (Lipinski definition) is 5. The molecule has 0 aliphatic carbocycles.